The molecule has 3 rings (SSSR count). The van der Waals surface area contributed by atoms with Gasteiger partial charge in [-0.1, -0.05) is 13.8 Å². The summed E-state index contributed by atoms with van der Waals surface area (Å²) in [6.07, 6.45) is 2.26. The van der Waals surface area contributed by atoms with Crippen molar-refractivity contribution in [2.45, 2.75) is 32.7 Å². The number of methoxy groups -OCH3 is 1. The topological polar surface area (TPSA) is 95.8 Å². The Balaban J connectivity index is 1.88. The lowest BCUT2D eigenvalue weighted by atomic mass is 9.97. The Hall–Kier alpha value is -2.83. The average molecular weight is 343 g/mol. The van der Waals surface area contributed by atoms with Crippen LogP contribution < -0.4 is 4.74 Å². The third-order valence-corrected chi connectivity index (χ3v) is 4.38. The van der Waals surface area contributed by atoms with Gasteiger partial charge in [0.2, 0.25) is 0 Å². The number of hydrogen-bond donors (Lipinski definition) is 2. The van der Waals surface area contributed by atoms with E-state index in [1.54, 1.807) is 17.2 Å². The minimum Gasteiger partial charge on any atom is -0.508 e. The number of hydrogen-bond acceptors (Lipinski definition) is 6. The van der Waals surface area contributed by atoms with E-state index in [0.29, 0.717) is 31.1 Å². The Labute approximate surface area is 145 Å². The van der Waals surface area contributed by atoms with E-state index < -0.39 is 0 Å². The number of ether oxygens (including phenoxy) is 1. The maximum atomic E-state index is 12.9. The predicted molar refractivity (Wildman–Crippen MR) is 90.9 cm³/mol. The molecule has 7 heteroatoms. The molecule has 25 heavy (non-hydrogen) atoms. The van der Waals surface area contributed by atoms with E-state index in [4.69, 9.17) is 4.74 Å². The molecule has 1 aliphatic rings. The summed E-state index contributed by atoms with van der Waals surface area (Å²) < 4.78 is 5.03. The number of benzene rings is 1. The predicted octanol–water partition coefficient (Wildman–Crippen LogP) is 2.22. The molecule has 0 radical (unpaired) electrons. The highest BCUT2D eigenvalue weighted by Gasteiger charge is 2.26. The fourth-order valence-electron chi connectivity index (χ4n) is 2.97. The lowest BCUT2D eigenvalue weighted by Gasteiger charge is -2.28. The highest BCUT2D eigenvalue weighted by atomic mass is 16.5. The van der Waals surface area contributed by atoms with Crippen molar-refractivity contribution in [3.63, 3.8) is 0 Å². The Bertz CT molecular complexity index is 820. The number of aromatic nitrogens is 2. The number of phenolic OH excluding ortho intramolecular Hbond substituents is 2. The van der Waals surface area contributed by atoms with Gasteiger partial charge >= 0.3 is 6.01 Å². The van der Waals surface area contributed by atoms with E-state index >= 15 is 0 Å². The van der Waals surface area contributed by atoms with Crippen molar-refractivity contribution in [2.75, 3.05) is 13.7 Å². The summed E-state index contributed by atoms with van der Waals surface area (Å²) >= 11 is 0. The lowest BCUT2D eigenvalue weighted by molar-refractivity contribution is 0.0730. The van der Waals surface area contributed by atoms with Crippen molar-refractivity contribution in [2.24, 2.45) is 0 Å². The third-order valence-electron chi connectivity index (χ3n) is 4.38. The van der Waals surface area contributed by atoms with Crippen LogP contribution in [0, 0.1) is 0 Å². The molecule has 132 valence electrons. The zero-order valence-electron chi connectivity index (χ0n) is 14.5. The first-order valence-corrected chi connectivity index (χ1v) is 8.14. The summed E-state index contributed by atoms with van der Waals surface area (Å²) in [5, 5.41) is 20.1. The van der Waals surface area contributed by atoms with Gasteiger partial charge in [0.25, 0.3) is 5.91 Å². The van der Waals surface area contributed by atoms with E-state index in [1.807, 2.05) is 13.8 Å². The largest absolute Gasteiger partial charge is 0.508 e. The van der Waals surface area contributed by atoms with E-state index in [9.17, 15) is 15.0 Å². The van der Waals surface area contributed by atoms with Crippen molar-refractivity contribution in [3.05, 3.63) is 40.7 Å². The molecule has 0 saturated carbocycles. The van der Waals surface area contributed by atoms with Crippen molar-refractivity contribution in [1.29, 1.82) is 0 Å². The highest BCUT2D eigenvalue weighted by molar-refractivity contribution is 5.97. The van der Waals surface area contributed by atoms with Crippen LogP contribution in [0.4, 0.5) is 0 Å². The Morgan fingerprint density at radius 2 is 2.04 bits per heavy atom. The van der Waals surface area contributed by atoms with Crippen LogP contribution in [0.25, 0.3) is 0 Å². The van der Waals surface area contributed by atoms with Gasteiger partial charge in [0.1, 0.15) is 11.5 Å². The van der Waals surface area contributed by atoms with E-state index in [1.165, 1.54) is 13.2 Å². The number of aromatic hydroxyl groups is 2. The van der Waals surface area contributed by atoms with Crippen molar-refractivity contribution >= 4 is 5.91 Å². The molecule has 2 aromatic rings. The molecule has 2 heterocycles. The smallest absolute Gasteiger partial charge is 0.316 e. The standard InChI is InChI=1S/C18H21N3O4/c1-10(2)12-6-13(16(23)7-15(12)22)17(24)21-5-4-14-11(9-21)8-19-18(20-14)25-3/h6-8,10,22-23H,4-5,9H2,1-3H3. The number of carbonyl (C=O) groups is 1. The van der Waals surface area contributed by atoms with Gasteiger partial charge in [-0.15, -0.1) is 0 Å². The summed E-state index contributed by atoms with van der Waals surface area (Å²) in [6, 6.07) is 3.11. The number of carbonyl (C=O) groups excluding carboxylic acids is 1. The Morgan fingerprint density at radius 3 is 2.72 bits per heavy atom. The van der Waals surface area contributed by atoms with E-state index in [-0.39, 0.29) is 28.9 Å². The Morgan fingerprint density at radius 1 is 1.28 bits per heavy atom. The van der Waals surface area contributed by atoms with Gasteiger partial charge in [-0.2, -0.15) is 4.98 Å². The number of rotatable bonds is 3. The summed E-state index contributed by atoms with van der Waals surface area (Å²) in [7, 11) is 1.51. The SMILES string of the molecule is COc1ncc2c(n1)CCN(C(=O)c1cc(C(C)C)c(O)cc1O)C2. The van der Waals surface area contributed by atoms with Gasteiger partial charge in [-0.3, -0.25) is 4.79 Å². The average Bonchev–Trinajstić information content (AvgIpc) is 2.60. The number of phenols is 2. The number of nitrogens with zero attached hydrogens (tertiary/aromatic N) is 3. The molecule has 0 spiro atoms. The summed E-state index contributed by atoms with van der Waals surface area (Å²) in [6.45, 7) is 4.70. The molecule has 0 aliphatic carbocycles. The van der Waals surface area contributed by atoms with Gasteiger partial charge < -0.3 is 19.8 Å². The Kier molecular flexibility index (Phi) is 4.48. The maximum Gasteiger partial charge on any atom is 0.316 e. The molecule has 0 saturated heterocycles. The van der Waals surface area contributed by atoms with Crippen molar-refractivity contribution in [1.82, 2.24) is 14.9 Å². The fraction of sp³-hybridized carbons (Fsp3) is 0.389. The molecular weight excluding hydrogens is 322 g/mol. The molecule has 7 nitrogen and oxygen atoms in total. The van der Waals surface area contributed by atoms with Gasteiger partial charge in [0, 0.05) is 37.3 Å². The molecule has 1 aliphatic heterocycles. The second-order valence-electron chi connectivity index (χ2n) is 6.39. The minimum atomic E-state index is -0.277. The molecule has 2 N–H and O–H groups in total. The molecule has 0 bridgehead atoms. The zero-order chi connectivity index (χ0) is 18.1. The molecular formula is C18H21N3O4. The normalized spacial score (nSPS) is 13.7. The van der Waals surface area contributed by atoms with Crippen LogP contribution in [0.5, 0.6) is 17.5 Å². The molecule has 1 amide bonds. The molecule has 0 unspecified atom stereocenters. The summed E-state index contributed by atoms with van der Waals surface area (Å²) in [5.74, 6) is -0.465. The second kappa shape index (κ2) is 6.58. The molecule has 0 atom stereocenters. The van der Waals surface area contributed by atoms with E-state index in [0.717, 1.165) is 11.3 Å². The lowest BCUT2D eigenvalue weighted by Crippen LogP contribution is -2.36. The van der Waals surface area contributed by atoms with Gasteiger partial charge in [-0.25, -0.2) is 4.98 Å². The molecule has 1 aromatic heterocycles. The van der Waals surface area contributed by atoms with Gasteiger partial charge in [0.05, 0.1) is 18.4 Å². The van der Waals surface area contributed by atoms with Crippen LogP contribution in [0.1, 0.15) is 46.9 Å². The highest BCUT2D eigenvalue weighted by Crippen LogP contribution is 2.33. The summed E-state index contributed by atoms with van der Waals surface area (Å²) in [5.41, 5.74) is 2.56. The van der Waals surface area contributed by atoms with Crippen molar-refractivity contribution in [3.8, 4) is 17.5 Å². The minimum absolute atomic E-state index is 0.00599. The van der Waals surface area contributed by atoms with E-state index in [2.05, 4.69) is 9.97 Å². The number of amides is 1. The van der Waals surface area contributed by atoms with Gasteiger partial charge in [0.15, 0.2) is 0 Å². The quantitative estimate of drug-likeness (QED) is 0.887. The third kappa shape index (κ3) is 3.22. The second-order valence-corrected chi connectivity index (χ2v) is 6.39. The van der Waals surface area contributed by atoms with Crippen LogP contribution in [-0.4, -0.2) is 44.6 Å². The first-order chi connectivity index (χ1) is 11.9. The monoisotopic (exact) mass is 343 g/mol. The first-order valence-electron chi connectivity index (χ1n) is 8.14. The zero-order valence-corrected chi connectivity index (χ0v) is 14.5. The van der Waals surface area contributed by atoms with Crippen LogP contribution in [-0.2, 0) is 13.0 Å². The maximum absolute atomic E-state index is 12.9. The van der Waals surface area contributed by atoms with Crippen LogP contribution in [0.2, 0.25) is 0 Å². The fourth-order valence-corrected chi connectivity index (χ4v) is 2.97. The molecule has 1 aromatic carbocycles. The first kappa shape index (κ1) is 17.0. The number of fused-ring (bicyclic) bond motifs is 1. The molecule has 0 fully saturated rings. The van der Waals surface area contributed by atoms with Gasteiger partial charge in [-0.05, 0) is 17.5 Å². The van der Waals surface area contributed by atoms with Crippen LogP contribution in [0.3, 0.4) is 0 Å². The summed E-state index contributed by atoms with van der Waals surface area (Å²) in [4.78, 5) is 22.9. The van der Waals surface area contributed by atoms with Crippen LogP contribution in [0.15, 0.2) is 18.3 Å². The van der Waals surface area contributed by atoms with Crippen molar-refractivity contribution < 1.29 is 19.7 Å². The van der Waals surface area contributed by atoms with Crippen LogP contribution >= 0.6 is 0 Å².